The highest BCUT2D eigenvalue weighted by Gasteiger charge is 2.25. The van der Waals surface area contributed by atoms with E-state index in [2.05, 4.69) is 9.88 Å². The molecule has 3 nitrogen and oxygen atoms in total. The first-order valence-corrected chi connectivity index (χ1v) is 4.63. The van der Waals surface area contributed by atoms with Crippen LogP contribution in [0.15, 0.2) is 24.3 Å². The van der Waals surface area contributed by atoms with E-state index in [1.807, 2.05) is 31.3 Å². The van der Waals surface area contributed by atoms with Crippen molar-refractivity contribution in [1.29, 1.82) is 0 Å². The largest absolute Gasteiger partial charge is 0.346 e. The number of carbonyl (C=O) groups excluding carboxylic acids is 1. The van der Waals surface area contributed by atoms with Gasteiger partial charge in [0.1, 0.15) is 0 Å². The number of hydrogen-bond acceptors (Lipinski definition) is 1. The molecule has 0 aliphatic carbocycles. The third kappa shape index (κ3) is 0.744. The molecular formula is C11H10N2O. The molecule has 1 N–H and O–H groups in total. The molecule has 0 saturated carbocycles. The highest BCUT2D eigenvalue weighted by molar-refractivity contribution is 6.10. The normalized spacial score (nSPS) is 14.5. The maximum atomic E-state index is 11.6. The number of aromatic nitrogens is 1. The number of nitrogens with zero attached hydrogens (tertiary/aromatic N) is 1. The lowest BCUT2D eigenvalue weighted by Gasteiger charge is -1.99. The van der Waals surface area contributed by atoms with Gasteiger partial charge in [0.25, 0.3) is 5.91 Å². The summed E-state index contributed by atoms with van der Waals surface area (Å²) in [5.74, 6) is 0.0526. The van der Waals surface area contributed by atoms with Crippen LogP contribution >= 0.6 is 0 Å². The molecule has 0 unspecified atom stereocenters. The predicted octanol–water partition coefficient (Wildman–Crippen LogP) is 1.42. The monoisotopic (exact) mass is 186 g/mol. The quantitative estimate of drug-likeness (QED) is 0.663. The van der Waals surface area contributed by atoms with Crippen molar-refractivity contribution in [2.45, 2.75) is 6.54 Å². The van der Waals surface area contributed by atoms with Gasteiger partial charge >= 0.3 is 0 Å². The molecule has 1 aliphatic rings. The maximum Gasteiger partial charge on any atom is 0.254 e. The topological polar surface area (TPSA) is 34.0 Å². The van der Waals surface area contributed by atoms with Crippen LogP contribution in [0.25, 0.3) is 10.9 Å². The van der Waals surface area contributed by atoms with Crippen LogP contribution in [0, 0.1) is 0 Å². The average molecular weight is 186 g/mol. The van der Waals surface area contributed by atoms with Gasteiger partial charge in [-0.1, -0.05) is 18.2 Å². The van der Waals surface area contributed by atoms with E-state index in [4.69, 9.17) is 0 Å². The van der Waals surface area contributed by atoms with Gasteiger partial charge in [0.2, 0.25) is 0 Å². The molecule has 1 aromatic heterocycles. The van der Waals surface area contributed by atoms with Crippen molar-refractivity contribution in [1.82, 2.24) is 9.88 Å². The van der Waals surface area contributed by atoms with Gasteiger partial charge in [0.05, 0.1) is 17.8 Å². The van der Waals surface area contributed by atoms with Gasteiger partial charge in [-0.25, -0.2) is 0 Å². The van der Waals surface area contributed by atoms with E-state index in [-0.39, 0.29) is 5.91 Å². The summed E-state index contributed by atoms with van der Waals surface area (Å²) in [4.78, 5) is 11.6. The minimum Gasteiger partial charge on any atom is -0.346 e. The van der Waals surface area contributed by atoms with E-state index in [0.717, 1.165) is 22.2 Å². The van der Waals surface area contributed by atoms with Crippen LogP contribution in [0.5, 0.6) is 0 Å². The number of nitrogens with one attached hydrogen (secondary N) is 1. The summed E-state index contributed by atoms with van der Waals surface area (Å²) in [6.45, 7) is 0.652. The average Bonchev–Trinajstić information content (AvgIpc) is 2.70. The first kappa shape index (κ1) is 7.62. The summed E-state index contributed by atoms with van der Waals surface area (Å²) in [6.07, 6.45) is 0. The van der Waals surface area contributed by atoms with Gasteiger partial charge in [-0.2, -0.15) is 0 Å². The Bertz CT molecular complexity index is 539. The lowest BCUT2D eigenvalue weighted by atomic mass is 10.1. The summed E-state index contributed by atoms with van der Waals surface area (Å²) >= 11 is 0. The first-order valence-electron chi connectivity index (χ1n) is 4.63. The zero-order valence-corrected chi connectivity index (χ0v) is 7.87. The van der Waals surface area contributed by atoms with Gasteiger partial charge in [-0.15, -0.1) is 0 Å². The number of benzene rings is 1. The first-order chi connectivity index (χ1) is 6.79. The standard InChI is InChI=1S/C11H10N2O/c1-13-8-5-3-2-4-7(8)10-9(13)6-12-11(10)14/h2-5H,6H2,1H3,(H,12,14). The molecule has 1 amide bonds. The Morgan fingerprint density at radius 3 is 3.00 bits per heavy atom. The van der Waals surface area contributed by atoms with Gasteiger partial charge in [-0.3, -0.25) is 4.79 Å². The molecule has 3 heteroatoms. The Morgan fingerprint density at radius 2 is 2.14 bits per heavy atom. The van der Waals surface area contributed by atoms with E-state index in [0.29, 0.717) is 6.54 Å². The van der Waals surface area contributed by atoms with Crippen molar-refractivity contribution in [2.24, 2.45) is 7.05 Å². The summed E-state index contributed by atoms with van der Waals surface area (Å²) < 4.78 is 2.09. The number of aryl methyl sites for hydroxylation is 1. The van der Waals surface area contributed by atoms with Crippen molar-refractivity contribution in [3.63, 3.8) is 0 Å². The smallest absolute Gasteiger partial charge is 0.254 e. The van der Waals surface area contributed by atoms with E-state index in [9.17, 15) is 4.79 Å². The molecule has 1 aromatic carbocycles. The van der Waals surface area contributed by atoms with Crippen LogP contribution in [0.1, 0.15) is 16.1 Å². The van der Waals surface area contributed by atoms with Crippen molar-refractivity contribution >= 4 is 16.8 Å². The molecule has 2 aromatic rings. The fourth-order valence-electron chi connectivity index (χ4n) is 2.16. The van der Waals surface area contributed by atoms with Crippen molar-refractivity contribution in [2.75, 3.05) is 0 Å². The van der Waals surface area contributed by atoms with E-state index >= 15 is 0 Å². The molecule has 0 bridgehead atoms. The molecule has 0 fully saturated rings. The van der Waals surface area contributed by atoms with Crippen LogP contribution in [0.4, 0.5) is 0 Å². The van der Waals surface area contributed by atoms with Crippen molar-refractivity contribution in [3.8, 4) is 0 Å². The Morgan fingerprint density at radius 1 is 1.36 bits per heavy atom. The van der Waals surface area contributed by atoms with Crippen molar-refractivity contribution in [3.05, 3.63) is 35.5 Å². The van der Waals surface area contributed by atoms with Crippen LogP contribution < -0.4 is 5.32 Å². The molecule has 3 rings (SSSR count). The lowest BCUT2D eigenvalue weighted by molar-refractivity contribution is 0.0967. The Kier molecular flexibility index (Phi) is 1.29. The molecule has 0 spiro atoms. The molecule has 0 atom stereocenters. The molecule has 2 heterocycles. The Labute approximate surface area is 81.3 Å². The summed E-state index contributed by atoms with van der Waals surface area (Å²) in [5, 5.41) is 3.89. The summed E-state index contributed by atoms with van der Waals surface area (Å²) in [5.41, 5.74) is 3.08. The Hall–Kier alpha value is -1.77. The van der Waals surface area contributed by atoms with Gasteiger partial charge in [0.15, 0.2) is 0 Å². The summed E-state index contributed by atoms with van der Waals surface area (Å²) in [6, 6.07) is 8.00. The zero-order valence-electron chi connectivity index (χ0n) is 7.87. The van der Waals surface area contributed by atoms with E-state index in [1.165, 1.54) is 0 Å². The Balaban J connectivity index is 2.52. The minimum atomic E-state index is 0.0526. The second-order valence-corrected chi connectivity index (χ2v) is 3.58. The zero-order chi connectivity index (χ0) is 9.71. The fourth-order valence-corrected chi connectivity index (χ4v) is 2.16. The molecular weight excluding hydrogens is 176 g/mol. The molecule has 14 heavy (non-hydrogen) atoms. The molecule has 0 radical (unpaired) electrons. The highest BCUT2D eigenvalue weighted by Crippen LogP contribution is 2.27. The number of rotatable bonds is 0. The number of carbonyl (C=O) groups is 1. The number of fused-ring (bicyclic) bond motifs is 3. The van der Waals surface area contributed by atoms with Crippen LogP contribution in [0.2, 0.25) is 0 Å². The number of amides is 1. The predicted molar refractivity (Wildman–Crippen MR) is 54.1 cm³/mol. The maximum absolute atomic E-state index is 11.6. The highest BCUT2D eigenvalue weighted by atomic mass is 16.1. The van der Waals surface area contributed by atoms with Gasteiger partial charge in [-0.05, 0) is 6.07 Å². The van der Waals surface area contributed by atoms with E-state index in [1.54, 1.807) is 0 Å². The number of hydrogen-bond donors (Lipinski definition) is 1. The molecule has 1 aliphatic heterocycles. The van der Waals surface area contributed by atoms with E-state index < -0.39 is 0 Å². The van der Waals surface area contributed by atoms with Crippen LogP contribution in [-0.4, -0.2) is 10.5 Å². The van der Waals surface area contributed by atoms with Gasteiger partial charge in [0, 0.05) is 18.0 Å². The van der Waals surface area contributed by atoms with Crippen LogP contribution in [-0.2, 0) is 13.6 Å². The third-order valence-corrected chi connectivity index (χ3v) is 2.87. The second kappa shape index (κ2) is 2.38. The van der Waals surface area contributed by atoms with Gasteiger partial charge < -0.3 is 9.88 Å². The SMILES string of the molecule is Cn1c2c(c3ccccc31)C(=O)NC2. The molecule has 70 valence electrons. The third-order valence-electron chi connectivity index (χ3n) is 2.87. The fraction of sp³-hybridized carbons (Fsp3) is 0.182. The lowest BCUT2D eigenvalue weighted by Crippen LogP contribution is -2.13. The van der Waals surface area contributed by atoms with Crippen LogP contribution in [0.3, 0.4) is 0 Å². The number of para-hydroxylation sites is 1. The minimum absolute atomic E-state index is 0.0526. The van der Waals surface area contributed by atoms with Crippen molar-refractivity contribution < 1.29 is 4.79 Å². The second-order valence-electron chi connectivity index (χ2n) is 3.58. The summed E-state index contributed by atoms with van der Waals surface area (Å²) in [7, 11) is 2.00. The molecule has 0 saturated heterocycles.